The van der Waals surface area contributed by atoms with E-state index in [2.05, 4.69) is 67.8 Å². The minimum Gasteiger partial charge on any atom is -0.756 e. The molecule has 65 heavy (non-hydrogen) atoms. The summed E-state index contributed by atoms with van der Waals surface area (Å²) in [4.78, 5) is 25.4. The highest BCUT2D eigenvalue weighted by molar-refractivity contribution is 7.45. The molecule has 0 spiro atoms. The van der Waals surface area contributed by atoms with Crippen LogP contribution in [0.15, 0.2) is 48.6 Å². The highest BCUT2D eigenvalue weighted by Crippen LogP contribution is 2.38. The minimum atomic E-state index is -4.58. The number of carbonyl (C=O) groups excluding carboxylic acids is 1. The number of phosphoric ester groups is 1. The summed E-state index contributed by atoms with van der Waals surface area (Å²) < 4.78 is 23.3. The van der Waals surface area contributed by atoms with Crippen molar-refractivity contribution < 1.29 is 32.9 Å². The first kappa shape index (κ1) is 63.5. The number of nitrogens with one attached hydrogen (secondary N) is 1. The Bertz CT molecular complexity index is 1200. The van der Waals surface area contributed by atoms with Crippen LogP contribution in [-0.4, -0.2) is 68.5 Å². The Hall–Kier alpha value is -1.54. The van der Waals surface area contributed by atoms with E-state index >= 15 is 0 Å². The molecule has 0 aliphatic heterocycles. The second kappa shape index (κ2) is 47.5. The lowest BCUT2D eigenvalue weighted by atomic mass is 10.0. The molecule has 2 N–H and O–H groups in total. The Morgan fingerprint density at radius 3 is 1.34 bits per heavy atom. The van der Waals surface area contributed by atoms with Crippen molar-refractivity contribution in [3.8, 4) is 0 Å². The zero-order valence-corrected chi connectivity index (χ0v) is 44.3. The second-order valence-electron chi connectivity index (χ2n) is 19.9. The first-order chi connectivity index (χ1) is 31.5. The van der Waals surface area contributed by atoms with Crippen LogP contribution in [0.5, 0.6) is 0 Å². The number of carbonyl (C=O) groups is 1. The van der Waals surface area contributed by atoms with Crippen molar-refractivity contribution in [1.29, 1.82) is 0 Å². The number of aliphatic hydroxyl groups is 1. The van der Waals surface area contributed by atoms with E-state index in [4.69, 9.17) is 9.05 Å². The molecule has 1 amide bonds. The smallest absolute Gasteiger partial charge is 0.268 e. The van der Waals surface area contributed by atoms with Gasteiger partial charge in [-0.25, -0.2) is 0 Å². The Kier molecular flexibility index (Phi) is 46.4. The standard InChI is InChI=1S/C56H107N2O6P/c1-6-8-10-12-14-16-18-20-22-23-24-25-26-27-28-29-30-31-32-33-34-36-37-39-41-43-45-47-49-55(59)54(53-64-65(61,62)63-52-51-58(3,4)5)57-56(60)50-48-46-44-42-40-38-35-21-19-17-15-13-11-9-7-2/h9,11,15,17,21,35,40,42,54-55,59H,6-8,10,12-14,16,18-20,22-34,36-39,41,43-53H2,1-5H3,(H-,57,60,61,62)/b11-9-,17-15-,35-21-,42-40-. The van der Waals surface area contributed by atoms with Gasteiger partial charge in [0, 0.05) is 6.42 Å². The van der Waals surface area contributed by atoms with Gasteiger partial charge in [0.15, 0.2) is 0 Å². The molecule has 0 aromatic heterocycles. The lowest BCUT2D eigenvalue weighted by Crippen LogP contribution is -2.46. The zero-order valence-electron chi connectivity index (χ0n) is 43.4. The van der Waals surface area contributed by atoms with Crippen molar-refractivity contribution in [2.75, 3.05) is 40.9 Å². The molecule has 0 radical (unpaired) electrons. The molecule has 0 saturated carbocycles. The van der Waals surface area contributed by atoms with Crippen LogP contribution >= 0.6 is 7.82 Å². The van der Waals surface area contributed by atoms with Crippen molar-refractivity contribution in [2.24, 2.45) is 0 Å². The number of likely N-dealkylation sites (N-methyl/N-ethyl adjacent to an activating group) is 1. The van der Waals surface area contributed by atoms with Crippen LogP contribution in [0.4, 0.5) is 0 Å². The maximum Gasteiger partial charge on any atom is 0.268 e. The molecule has 3 unspecified atom stereocenters. The fraction of sp³-hybridized carbons (Fsp3) is 0.839. The summed E-state index contributed by atoms with van der Waals surface area (Å²) in [6.45, 7) is 4.59. The maximum absolute atomic E-state index is 12.9. The third-order valence-corrected chi connectivity index (χ3v) is 13.3. The van der Waals surface area contributed by atoms with E-state index in [1.807, 2.05) is 21.1 Å². The molecular formula is C56H107N2O6P. The number of allylic oxidation sites excluding steroid dienone is 8. The molecule has 9 heteroatoms. The molecule has 0 aromatic rings. The number of rotatable bonds is 50. The second-order valence-corrected chi connectivity index (χ2v) is 21.3. The van der Waals surface area contributed by atoms with Gasteiger partial charge in [0.05, 0.1) is 39.9 Å². The molecule has 0 aliphatic rings. The van der Waals surface area contributed by atoms with Crippen LogP contribution in [0.3, 0.4) is 0 Å². The maximum atomic E-state index is 12.9. The van der Waals surface area contributed by atoms with E-state index in [0.29, 0.717) is 30.3 Å². The highest BCUT2D eigenvalue weighted by atomic mass is 31.2. The van der Waals surface area contributed by atoms with Gasteiger partial charge in [-0.1, -0.05) is 242 Å². The number of hydrogen-bond acceptors (Lipinski definition) is 6. The topological polar surface area (TPSA) is 108 Å². The predicted octanol–water partition coefficient (Wildman–Crippen LogP) is 15.7. The third kappa shape index (κ3) is 50.2. The molecule has 0 aromatic carbocycles. The molecule has 0 saturated heterocycles. The van der Waals surface area contributed by atoms with Crippen LogP contribution in [0.2, 0.25) is 0 Å². The van der Waals surface area contributed by atoms with Crippen LogP contribution in [0.1, 0.15) is 251 Å². The Balaban J connectivity index is 4.14. The quantitative estimate of drug-likeness (QED) is 0.0272. The normalized spacial score (nSPS) is 14.4. The Morgan fingerprint density at radius 1 is 0.554 bits per heavy atom. The summed E-state index contributed by atoms with van der Waals surface area (Å²) in [5.74, 6) is -0.204. The summed E-state index contributed by atoms with van der Waals surface area (Å²) in [6, 6.07) is -0.824. The summed E-state index contributed by atoms with van der Waals surface area (Å²) in [5, 5.41) is 14.0. The van der Waals surface area contributed by atoms with E-state index in [0.717, 1.165) is 57.8 Å². The number of amides is 1. The number of quaternary nitrogens is 1. The van der Waals surface area contributed by atoms with E-state index in [-0.39, 0.29) is 19.1 Å². The number of unbranched alkanes of at least 4 members (excludes halogenated alkanes) is 29. The molecule has 0 heterocycles. The van der Waals surface area contributed by atoms with Gasteiger partial charge in [0.2, 0.25) is 5.91 Å². The number of aliphatic hydroxyl groups excluding tert-OH is 1. The SMILES string of the molecule is CC/C=C\C/C=C\C/C=C\C/C=C\CCCCC(=O)NC(COP(=O)([O-])OCC[N+](C)(C)C)C(O)CCCCCCCCCCCCCCCCCCCCCCCCCCCCCC. The highest BCUT2D eigenvalue weighted by Gasteiger charge is 2.24. The summed E-state index contributed by atoms with van der Waals surface area (Å²) in [5.41, 5.74) is 0. The molecule has 0 aliphatic carbocycles. The molecule has 3 atom stereocenters. The monoisotopic (exact) mass is 935 g/mol. The van der Waals surface area contributed by atoms with E-state index in [1.54, 1.807) is 0 Å². The van der Waals surface area contributed by atoms with E-state index in [9.17, 15) is 19.4 Å². The van der Waals surface area contributed by atoms with Crippen LogP contribution in [0, 0.1) is 0 Å². The molecule has 0 bridgehead atoms. The zero-order chi connectivity index (χ0) is 47.8. The van der Waals surface area contributed by atoms with Gasteiger partial charge in [0.1, 0.15) is 13.2 Å². The van der Waals surface area contributed by atoms with Gasteiger partial charge in [-0.05, 0) is 51.4 Å². The van der Waals surface area contributed by atoms with Crippen molar-refractivity contribution >= 4 is 13.7 Å². The van der Waals surface area contributed by atoms with Crippen molar-refractivity contribution in [3.63, 3.8) is 0 Å². The van der Waals surface area contributed by atoms with E-state index < -0.39 is 20.0 Å². The average Bonchev–Trinajstić information content (AvgIpc) is 3.26. The average molecular weight is 935 g/mol. The lowest BCUT2D eigenvalue weighted by Gasteiger charge is -2.30. The summed E-state index contributed by atoms with van der Waals surface area (Å²) in [7, 11) is 1.28. The van der Waals surface area contributed by atoms with Crippen LogP contribution in [-0.2, 0) is 18.4 Å². The molecule has 0 fully saturated rings. The molecular weight excluding hydrogens is 828 g/mol. The molecule has 382 valence electrons. The van der Waals surface area contributed by atoms with Crippen LogP contribution < -0.4 is 10.2 Å². The first-order valence-corrected chi connectivity index (χ1v) is 28.9. The lowest BCUT2D eigenvalue weighted by molar-refractivity contribution is -0.870. The van der Waals surface area contributed by atoms with Gasteiger partial charge < -0.3 is 28.8 Å². The fourth-order valence-electron chi connectivity index (χ4n) is 8.03. The summed E-state index contributed by atoms with van der Waals surface area (Å²) >= 11 is 0. The van der Waals surface area contributed by atoms with Gasteiger partial charge in [0.25, 0.3) is 7.82 Å². The third-order valence-electron chi connectivity index (χ3n) is 12.3. The number of phosphoric acid groups is 1. The van der Waals surface area contributed by atoms with E-state index in [1.165, 1.54) is 161 Å². The van der Waals surface area contributed by atoms with Gasteiger partial charge in [-0.2, -0.15) is 0 Å². The fourth-order valence-corrected chi connectivity index (χ4v) is 8.76. The van der Waals surface area contributed by atoms with Crippen molar-refractivity contribution in [1.82, 2.24) is 5.32 Å². The van der Waals surface area contributed by atoms with Crippen LogP contribution in [0.25, 0.3) is 0 Å². The first-order valence-electron chi connectivity index (χ1n) is 27.5. The van der Waals surface area contributed by atoms with Gasteiger partial charge in [-0.3, -0.25) is 9.36 Å². The van der Waals surface area contributed by atoms with Crippen molar-refractivity contribution in [3.05, 3.63) is 48.6 Å². The largest absolute Gasteiger partial charge is 0.756 e. The Labute approximate surface area is 403 Å². The van der Waals surface area contributed by atoms with Gasteiger partial charge >= 0.3 is 0 Å². The molecule has 0 rings (SSSR count). The molecule has 8 nitrogen and oxygen atoms in total. The number of nitrogens with zero attached hydrogens (tertiary/aromatic N) is 1. The van der Waals surface area contributed by atoms with Crippen molar-refractivity contribution in [2.45, 2.75) is 264 Å². The predicted molar refractivity (Wildman–Crippen MR) is 279 cm³/mol. The summed E-state index contributed by atoms with van der Waals surface area (Å²) in [6.07, 6.45) is 61.6. The Morgan fingerprint density at radius 2 is 0.938 bits per heavy atom. The number of hydrogen-bond donors (Lipinski definition) is 2. The minimum absolute atomic E-state index is 0.00274. The van der Waals surface area contributed by atoms with Gasteiger partial charge in [-0.15, -0.1) is 0 Å².